The number of thioether (sulfide) groups is 1. The first-order valence-electron chi connectivity index (χ1n) is 7.79. The number of amidine groups is 2. The lowest BCUT2D eigenvalue weighted by Gasteiger charge is -2.19. The molecule has 142 valence electrons. The number of amides is 1. The Kier molecular flexibility index (Phi) is 4.48. The molecule has 1 aromatic carbocycles. The Morgan fingerprint density at radius 1 is 1.25 bits per heavy atom. The van der Waals surface area contributed by atoms with Gasteiger partial charge in [0.05, 0.1) is 10.6 Å². The third kappa shape index (κ3) is 3.30. The van der Waals surface area contributed by atoms with Crippen molar-refractivity contribution in [2.45, 2.75) is 0 Å². The minimum Gasteiger partial charge on any atom is -0.457 e. The minimum absolute atomic E-state index is 0.0313. The Labute approximate surface area is 169 Å². The van der Waals surface area contributed by atoms with E-state index in [0.717, 1.165) is 23.0 Å². The first-order valence-corrected chi connectivity index (χ1v) is 10.9. The lowest BCUT2D eigenvalue weighted by atomic mass is 10.1. The average molecular weight is 435 g/mol. The first-order chi connectivity index (χ1) is 13.2. The molecule has 1 N–H and O–H groups in total. The molecule has 11 heteroatoms. The molecule has 0 unspecified atom stereocenters. The van der Waals surface area contributed by atoms with Crippen molar-refractivity contribution < 1.29 is 17.6 Å². The third-order valence-electron chi connectivity index (χ3n) is 3.81. The molecule has 0 saturated carbocycles. The lowest BCUT2D eigenvalue weighted by Crippen LogP contribution is -2.35. The number of nitrogens with one attached hydrogen (secondary N) is 1. The summed E-state index contributed by atoms with van der Waals surface area (Å²) in [5.74, 6) is -0.132. The zero-order valence-corrected chi connectivity index (χ0v) is 16.6. The summed E-state index contributed by atoms with van der Waals surface area (Å²) in [4.78, 5) is 16.2. The van der Waals surface area contributed by atoms with Crippen LogP contribution in [0.5, 0.6) is 0 Å². The Balaban J connectivity index is 1.68. The van der Waals surface area contributed by atoms with E-state index < -0.39 is 15.7 Å². The van der Waals surface area contributed by atoms with Crippen molar-refractivity contribution in [3.63, 3.8) is 0 Å². The molecule has 2 aliphatic heterocycles. The average Bonchev–Trinajstić information content (AvgIpc) is 3.26. The van der Waals surface area contributed by atoms with Crippen LogP contribution in [0.15, 0.2) is 56.5 Å². The zero-order chi connectivity index (χ0) is 20.1. The fourth-order valence-corrected chi connectivity index (χ4v) is 4.42. The molecule has 2 aromatic rings. The Morgan fingerprint density at radius 3 is 2.71 bits per heavy atom. The van der Waals surface area contributed by atoms with Crippen molar-refractivity contribution in [2.24, 2.45) is 10.1 Å². The van der Waals surface area contributed by atoms with Gasteiger partial charge in [0, 0.05) is 11.8 Å². The largest absolute Gasteiger partial charge is 0.457 e. The number of aliphatic imine (C=N–C) groups is 1. The lowest BCUT2D eigenvalue weighted by molar-refractivity contribution is -0.114. The number of rotatable bonds is 2. The highest BCUT2D eigenvalue weighted by Gasteiger charge is 2.38. The number of furan rings is 1. The van der Waals surface area contributed by atoms with Gasteiger partial charge in [0.1, 0.15) is 11.5 Å². The summed E-state index contributed by atoms with van der Waals surface area (Å²) >= 11 is 6.89. The van der Waals surface area contributed by atoms with Gasteiger partial charge in [-0.05, 0) is 42.1 Å². The molecule has 0 bridgehead atoms. The second-order valence-electron chi connectivity index (χ2n) is 5.84. The van der Waals surface area contributed by atoms with Gasteiger partial charge in [-0.25, -0.2) is 8.42 Å². The van der Waals surface area contributed by atoms with Gasteiger partial charge < -0.3 is 4.42 Å². The topological polar surface area (TPSA) is 116 Å². The Morgan fingerprint density at radius 2 is 2.00 bits per heavy atom. The van der Waals surface area contributed by atoms with Crippen molar-refractivity contribution in [3.8, 4) is 11.3 Å². The van der Waals surface area contributed by atoms with Crippen molar-refractivity contribution in [1.29, 1.82) is 5.41 Å². The third-order valence-corrected chi connectivity index (χ3v) is 6.71. The van der Waals surface area contributed by atoms with Crippen LogP contribution >= 0.6 is 23.4 Å². The number of hydrazone groups is 1. The van der Waals surface area contributed by atoms with Crippen LogP contribution in [0.2, 0.25) is 5.02 Å². The second-order valence-corrected chi connectivity index (χ2v) is 9.39. The van der Waals surface area contributed by atoms with Gasteiger partial charge >= 0.3 is 0 Å². The van der Waals surface area contributed by atoms with E-state index in [2.05, 4.69) is 10.1 Å². The molecule has 0 radical (unpaired) electrons. The van der Waals surface area contributed by atoms with Crippen LogP contribution < -0.4 is 0 Å². The molecular weight excluding hydrogens is 424 g/mol. The number of hydrogen-bond acceptors (Lipinski definition) is 7. The predicted octanol–water partition coefficient (Wildman–Crippen LogP) is 3.22. The maximum atomic E-state index is 12.3. The number of fused-ring (bicyclic) bond motifs is 1. The molecule has 0 atom stereocenters. The summed E-state index contributed by atoms with van der Waals surface area (Å²) in [6, 6.07) is 10.5. The zero-order valence-electron chi connectivity index (χ0n) is 14.2. The van der Waals surface area contributed by atoms with Crippen molar-refractivity contribution >= 4 is 60.6 Å². The molecule has 0 spiro atoms. The molecular formula is C17H11ClN4O4S2. The molecule has 0 fully saturated rings. The maximum Gasteiger partial charge on any atom is 0.283 e. The van der Waals surface area contributed by atoms with E-state index in [1.54, 1.807) is 30.3 Å². The number of benzene rings is 1. The van der Waals surface area contributed by atoms with Crippen LogP contribution in [0.3, 0.4) is 0 Å². The van der Waals surface area contributed by atoms with E-state index in [-0.39, 0.29) is 21.0 Å². The first kappa shape index (κ1) is 18.7. The van der Waals surface area contributed by atoms with Gasteiger partial charge in [-0.1, -0.05) is 23.7 Å². The summed E-state index contributed by atoms with van der Waals surface area (Å²) in [6.45, 7) is 0. The fraction of sp³-hybridized carbons (Fsp3) is 0.0588. The summed E-state index contributed by atoms with van der Waals surface area (Å²) in [7, 11) is -3.58. The van der Waals surface area contributed by atoms with E-state index in [9.17, 15) is 13.2 Å². The van der Waals surface area contributed by atoms with Gasteiger partial charge in [-0.2, -0.15) is 10.0 Å². The van der Waals surface area contributed by atoms with E-state index in [0.29, 0.717) is 22.1 Å². The summed E-state index contributed by atoms with van der Waals surface area (Å²) in [6.07, 6.45) is 2.36. The Hall–Kier alpha value is -2.69. The molecule has 2 aliphatic rings. The molecule has 4 rings (SSSR count). The molecule has 3 heterocycles. The number of carbonyl (C=O) groups excluding carboxylic acids is 1. The van der Waals surface area contributed by atoms with Crippen LogP contribution in [0, 0.1) is 5.41 Å². The normalized spacial score (nSPS) is 18.4. The SMILES string of the molecule is CS(=O)(=O)C1=NN2C(=N)/C(=C/c3ccc(-c4ccccc4Cl)o3)C(=O)N=C2S1. The highest BCUT2D eigenvalue weighted by Crippen LogP contribution is 2.32. The number of sulfone groups is 1. The van der Waals surface area contributed by atoms with Gasteiger partial charge in [0.2, 0.25) is 19.4 Å². The van der Waals surface area contributed by atoms with Crippen LogP contribution in [-0.2, 0) is 14.6 Å². The van der Waals surface area contributed by atoms with Gasteiger partial charge in [-0.15, -0.1) is 5.10 Å². The second kappa shape index (κ2) is 6.73. The molecule has 1 amide bonds. The monoisotopic (exact) mass is 434 g/mol. The molecule has 1 aromatic heterocycles. The quantitative estimate of drug-likeness (QED) is 0.725. The predicted molar refractivity (Wildman–Crippen MR) is 109 cm³/mol. The molecule has 28 heavy (non-hydrogen) atoms. The van der Waals surface area contributed by atoms with Crippen molar-refractivity contribution in [2.75, 3.05) is 6.26 Å². The van der Waals surface area contributed by atoms with Crippen molar-refractivity contribution in [3.05, 3.63) is 52.8 Å². The van der Waals surface area contributed by atoms with Crippen LogP contribution in [-0.4, -0.2) is 41.0 Å². The van der Waals surface area contributed by atoms with E-state index >= 15 is 0 Å². The fourth-order valence-electron chi connectivity index (χ4n) is 2.50. The van der Waals surface area contributed by atoms with Gasteiger partial charge in [0.15, 0.2) is 5.84 Å². The van der Waals surface area contributed by atoms with Gasteiger partial charge in [-0.3, -0.25) is 10.2 Å². The summed E-state index contributed by atoms with van der Waals surface area (Å²) in [5.41, 5.74) is 0.625. The van der Waals surface area contributed by atoms with Crippen LogP contribution in [0.25, 0.3) is 17.4 Å². The van der Waals surface area contributed by atoms with Crippen LogP contribution in [0.1, 0.15) is 5.76 Å². The van der Waals surface area contributed by atoms with Crippen LogP contribution in [0.4, 0.5) is 0 Å². The van der Waals surface area contributed by atoms with E-state index in [1.165, 1.54) is 6.08 Å². The number of halogens is 1. The highest BCUT2D eigenvalue weighted by molar-refractivity contribution is 8.42. The highest BCUT2D eigenvalue weighted by atomic mass is 35.5. The minimum atomic E-state index is -3.58. The smallest absolute Gasteiger partial charge is 0.283 e. The van der Waals surface area contributed by atoms with Crippen molar-refractivity contribution in [1.82, 2.24) is 5.01 Å². The summed E-state index contributed by atoms with van der Waals surface area (Å²) < 4.78 is 28.9. The number of carbonyl (C=O) groups is 1. The Bertz CT molecular complexity index is 1230. The standard InChI is InChI=1S/C17H11ClN4O4S2/c1-28(24,25)17-21-22-14(19)11(15(23)20-16(22)27-17)8-9-6-7-13(26-9)10-4-2-3-5-12(10)18/h2-8,19H,1H3/b11-8-,19-14?. The van der Waals surface area contributed by atoms with E-state index in [1.807, 2.05) is 6.07 Å². The number of hydrogen-bond donors (Lipinski definition) is 1. The summed E-state index contributed by atoms with van der Waals surface area (Å²) in [5, 5.41) is 13.7. The number of nitrogens with zero attached hydrogens (tertiary/aromatic N) is 3. The molecule has 8 nitrogen and oxygen atoms in total. The molecule has 0 saturated heterocycles. The van der Waals surface area contributed by atoms with E-state index in [4.69, 9.17) is 21.4 Å². The molecule has 0 aliphatic carbocycles. The maximum absolute atomic E-state index is 12.3. The van der Waals surface area contributed by atoms with Gasteiger partial charge in [0.25, 0.3) is 5.91 Å².